The second-order valence-corrected chi connectivity index (χ2v) is 6.95. The highest BCUT2D eigenvalue weighted by molar-refractivity contribution is 6.01. The molecule has 25 heavy (non-hydrogen) atoms. The van der Waals surface area contributed by atoms with Gasteiger partial charge in [-0.1, -0.05) is 17.2 Å². The molecule has 2 heterocycles. The number of carbonyl (C=O) groups excluding carboxylic acids is 3. The maximum atomic E-state index is 12.7. The largest absolute Gasteiger partial charge is 0.336 e. The van der Waals surface area contributed by atoms with Gasteiger partial charge in [0.15, 0.2) is 0 Å². The summed E-state index contributed by atoms with van der Waals surface area (Å²) >= 11 is 0. The highest BCUT2D eigenvalue weighted by atomic mass is 16.2. The first-order valence-electron chi connectivity index (χ1n) is 8.87. The molecule has 3 rings (SSSR count). The number of amides is 3. The van der Waals surface area contributed by atoms with Gasteiger partial charge in [-0.2, -0.15) is 0 Å². The average molecular weight is 343 g/mol. The quantitative estimate of drug-likeness (QED) is 0.771. The number of imide groups is 1. The van der Waals surface area contributed by atoms with Gasteiger partial charge < -0.3 is 4.90 Å². The first-order chi connectivity index (χ1) is 11.9. The fraction of sp³-hybridized carbons (Fsp3) is 0.526. The van der Waals surface area contributed by atoms with E-state index in [9.17, 15) is 14.4 Å². The molecule has 0 saturated carbocycles. The summed E-state index contributed by atoms with van der Waals surface area (Å²) in [5, 5.41) is 0. The fourth-order valence-electron chi connectivity index (χ4n) is 3.57. The predicted octanol–water partition coefficient (Wildman–Crippen LogP) is 1.21. The van der Waals surface area contributed by atoms with E-state index in [-0.39, 0.29) is 17.7 Å². The molecule has 0 aromatic heterocycles. The molecule has 2 aliphatic rings. The number of rotatable bonds is 4. The maximum absolute atomic E-state index is 12.7. The minimum absolute atomic E-state index is 0.0615. The van der Waals surface area contributed by atoms with Crippen LogP contribution in [0.15, 0.2) is 18.2 Å². The number of aryl methyl sites for hydroxylation is 2. The van der Waals surface area contributed by atoms with E-state index in [2.05, 4.69) is 11.0 Å². The summed E-state index contributed by atoms with van der Waals surface area (Å²) in [6.45, 7) is 8.04. The Hall–Kier alpha value is -2.21. The molecule has 2 saturated heterocycles. The molecule has 0 spiro atoms. The highest BCUT2D eigenvalue weighted by Gasteiger charge is 2.29. The lowest BCUT2D eigenvalue weighted by Gasteiger charge is -2.35. The van der Waals surface area contributed by atoms with Crippen molar-refractivity contribution in [3.63, 3.8) is 0 Å². The smallest absolute Gasteiger partial charge is 0.253 e. The van der Waals surface area contributed by atoms with Crippen LogP contribution in [-0.2, 0) is 9.59 Å². The molecule has 134 valence electrons. The zero-order chi connectivity index (χ0) is 18.0. The molecular formula is C19H25N3O3. The molecule has 0 aliphatic carbocycles. The second-order valence-electron chi connectivity index (χ2n) is 6.95. The monoisotopic (exact) mass is 343 g/mol. The van der Waals surface area contributed by atoms with Crippen molar-refractivity contribution in [2.24, 2.45) is 0 Å². The Balaban J connectivity index is 1.50. The summed E-state index contributed by atoms with van der Waals surface area (Å²) in [6, 6.07) is 5.94. The van der Waals surface area contributed by atoms with E-state index in [4.69, 9.17) is 0 Å². The van der Waals surface area contributed by atoms with Crippen LogP contribution in [0.4, 0.5) is 0 Å². The van der Waals surface area contributed by atoms with E-state index in [1.54, 1.807) is 0 Å². The zero-order valence-electron chi connectivity index (χ0n) is 15.0. The minimum Gasteiger partial charge on any atom is -0.336 e. The molecule has 2 aliphatic heterocycles. The van der Waals surface area contributed by atoms with Crippen LogP contribution >= 0.6 is 0 Å². The molecule has 2 fully saturated rings. The number of carbonyl (C=O) groups is 3. The molecule has 0 N–H and O–H groups in total. The van der Waals surface area contributed by atoms with Gasteiger partial charge >= 0.3 is 0 Å². The van der Waals surface area contributed by atoms with Crippen LogP contribution in [0.5, 0.6) is 0 Å². The summed E-state index contributed by atoms with van der Waals surface area (Å²) in [7, 11) is 0. The molecule has 3 amide bonds. The zero-order valence-corrected chi connectivity index (χ0v) is 15.0. The SMILES string of the molecule is Cc1cc(C)cc(C(=O)N2CCN(CCN3C(=O)CCC3=O)CC2)c1. The van der Waals surface area contributed by atoms with Crippen LogP contribution < -0.4 is 0 Å². The molecule has 0 unspecified atom stereocenters. The number of hydrogen-bond acceptors (Lipinski definition) is 4. The molecule has 0 atom stereocenters. The van der Waals surface area contributed by atoms with Crippen molar-refractivity contribution < 1.29 is 14.4 Å². The summed E-state index contributed by atoms with van der Waals surface area (Å²) in [4.78, 5) is 41.4. The second kappa shape index (κ2) is 7.35. The van der Waals surface area contributed by atoms with Gasteiger partial charge in [-0.3, -0.25) is 24.2 Å². The molecular weight excluding hydrogens is 318 g/mol. The first kappa shape index (κ1) is 17.6. The van der Waals surface area contributed by atoms with Crippen molar-refractivity contribution in [3.8, 4) is 0 Å². The van der Waals surface area contributed by atoms with Crippen LogP contribution in [0.2, 0.25) is 0 Å². The molecule has 1 aromatic carbocycles. The predicted molar refractivity (Wildman–Crippen MR) is 94.2 cm³/mol. The van der Waals surface area contributed by atoms with Gasteiger partial charge in [0.2, 0.25) is 11.8 Å². The Kier molecular flexibility index (Phi) is 5.18. The van der Waals surface area contributed by atoms with E-state index >= 15 is 0 Å². The van der Waals surface area contributed by atoms with Gasteiger partial charge in [-0.15, -0.1) is 0 Å². The lowest BCUT2D eigenvalue weighted by Crippen LogP contribution is -2.50. The van der Waals surface area contributed by atoms with Crippen molar-refractivity contribution >= 4 is 17.7 Å². The van der Waals surface area contributed by atoms with E-state index < -0.39 is 0 Å². The number of hydrogen-bond donors (Lipinski definition) is 0. The summed E-state index contributed by atoms with van der Waals surface area (Å²) in [6.07, 6.45) is 0.689. The van der Waals surface area contributed by atoms with Gasteiger partial charge in [0, 0.05) is 57.7 Å². The molecule has 1 aromatic rings. The average Bonchev–Trinajstić information content (AvgIpc) is 2.90. The first-order valence-corrected chi connectivity index (χ1v) is 8.87. The minimum atomic E-state index is -0.0615. The standard InChI is InChI=1S/C19H25N3O3/c1-14-11-15(2)13-16(12-14)19(25)21-8-5-20(6-9-21)7-10-22-17(23)3-4-18(22)24/h11-13H,3-10H2,1-2H3. The molecule has 0 radical (unpaired) electrons. The van der Waals surface area contributed by atoms with Crippen LogP contribution in [0, 0.1) is 13.8 Å². The number of nitrogens with zero attached hydrogens (tertiary/aromatic N) is 3. The van der Waals surface area contributed by atoms with E-state index in [1.165, 1.54) is 4.90 Å². The summed E-state index contributed by atoms with van der Waals surface area (Å²) in [5.74, 6) is -0.0430. The van der Waals surface area contributed by atoms with Crippen molar-refractivity contribution in [1.82, 2.24) is 14.7 Å². The van der Waals surface area contributed by atoms with Crippen LogP contribution in [-0.4, -0.2) is 71.7 Å². The lowest BCUT2D eigenvalue weighted by molar-refractivity contribution is -0.138. The Morgan fingerprint density at radius 1 is 0.880 bits per heavy atom. The van der Waals surface area contributed by atoms with Crippen molar-refractivity contribution in [3.05, 3.63) is 34.9 Å². The number of benzene rings is 1. The summed E-state index contributed by atoms with van der Waals surface area (Å²) < 4.78 is 0. The maximum Gasteiger partial charge on any atom is 0.253 e. The van der Waals surface area contributed by atoms with Gasteiger partial charge in [-0.25, -0.2) is 0 Å². The van der Waals surface area contributed by atoms with E-state index in [1.807, 2.05) is 30.9 Å². The van der Waals surface area contributed by atoms with Crippen LogP contribution in [0.3, 0.4) is 0 Å². The van der Waals surface area contributed by atoms with Crippen molar-refractivity contribution in [2.45, 2.75) is 26.7 Å². The van der Waals surface area contributed by atoms with Gasteiger partial charge in [-0.05, 0) is 26.0 Å². The highest BCUT2D eigenvalue weighted by Crippen LogP contribution is 2.14. The van der Waals surface area contributed by atoms with Gasteiger partial charge in [0.25, 0.3) is 5.91 Å². The Bertz CT molecular complexity index is 657. The topological polar surface area (TPSA) is 60.9 Å². The molecule has 6 heteroatoms. The van der Waals surface area contributed by atoms with Crippen molar-refractivity contribution in [2.75, 3.05) is 39.3 Å². The third kappa shape index (κ3) is 4.07. The van der Waals surface area contributed by atoms with Gasteiger partial charge in [0.1, 0.15) is 0 Å². The van der Waals surface area contributed by atoms with E-state index in [0.717, 1.165) is 29.8 Å². The van der Waals surface area contributed by atoms with Crippen LogP contribution in [0.1, 0.15) is 34.3 Å². The molecule has 0 bridgehead atoms. The summed E-state index contributed by atoms with van der Waals surface area (Å²) in [5.41, 5.74) is 2.95. The van der Waals surface area contributed by atoms with Gasteiger partial charge in [0.05, 0.1) is 0 Å². The van der Waals surface area contributed by atoms with Crippen LogP contribution in [0.25, 0.3) is 0 Å². The number of likely N-dealkylation sites (tertiary alicyclic amines) is 1. The molecule has 6 nitrogen and oxygen atoms in total. The fourth-order valence-corrected chi connectivity index (χ4v) is 3.57. The third-order valence-corrected chi connectivity index (χ3v) is 4.92. The number of piperazine rings is 1. The Morgan fingerprint density at radius 2 is 1.44 bits per heavy atom. The third-order valence-electron chi connectivity index (χ3n) is 4.92. The lowest BCUT2D eigenvalue weighted by atomic mass is 10.1. The Morgan fingerprint density at radius 3 is 2.00 bits per heavy atom. The Labute approximate surface area is 148 Å². The van der Waals surface area contributed by atoms with Crippen molar-refractivity contribution in [1.29, 1.82) is 0 Å². The van der Waals surface area contributed by atoms with E-state index in [0.29, 0.717) is 39.0 Å². The normalized spacial score (nSPS) is 19.0.